The monoisotopic (exact) mass is 368 g/mol. The Bertz CT molecular complexity index is 911. The highest BCUT2D eigenvalue weighted by Crippen LogP contribution is 2.23. The number of hydrogen-bond acceptors (Lipinski definition) is 6. The van der Waals surface area contributed by atoms with E-state index in [1.165, 1.54) is 30.1 Å². The summed E-state index contributed by atoms with van der Waals surface area (Å²) in [6.07, 6.45) is 2.03. The molecule has 0 radical (unpaired) electrons. The summed E-state index contributed by atoms with van der Waals surface area (Å²) in [6, 6.07) is 14.1. The molecule has 0 saturated carbocycles. The normalized spacial score (nSPS) is 18.4. The Labute approximate surface area is 154 Å². The van der Waals surface area contributed by atoms with Crippen molar-refractivity contribution in [2.24, 2.45) is 10.2 Å². The molecule has 1 aliphatic heterocycles. The lowest BCUT2D eigenvalue weighted by molar-refractivity contribution is -0.384. The molecule has 2 aromatic carbocycles. The van der Waals surface area contributed by atoms with Crippen LogP contribution in [0.15, 0.2) is 58.7 Å². The van der Waals surface area contributed by atoms with Gasteiger partial charge < -0.3 is 5.32 Å². The highest BCUT2D eigenvalue weighted by Gasteiger charge is 2.30. The van der Waals surface area contributed by atoms with Crippen molar-refractivity contribution >= 4 is 34.7 Å². The molecular formula is C18H16N4O3S. The molecule has 0 aromatic heterocycles. The fourth-order valence-electron chi connectivity index (χ4n) is 2.51. The number of amides is 1. The van der Waals surface area contributed by atoms with Crippen molar-refractivity contribution in [1.29, 1.82) is 0 Å². The minimum absolute atomic E-state index is 0.0108. The van der Waals surface area contributed by atoms with Crippen molar-refractivity contribution in [2.45, 2.75) is 18.6 Å². The summed E-state index contributed by atoms with van der Waals surface area (Å²) in [5, 5.41) is 21.6. The van der Waals surface area contributed by atoms with E-state index in [0.717, 1.165) is 11.1 Å². The molecule has 1 atom stereocenters. The highest BCUT2D eigenvalue weighted by molar-refractivity contribution is 8.15. The molecule has 1 amide bonds. The van der Waals surface area contributed by atoms with Crippen molar-refractivity contribution in [3.8, 4) is 0 Å². The van der Waals surface area contributed by atoms with Crippen LogP contribution in [0.4, 0.5) is 5.69 Å². The van der Waals surface area contributed by atoms with E-state index >= 15 is 0 Å². The Balaban J connectivity index is 1.64. The first kappa shape index (κ1) is 17.8. The van der Waals surface area contributed by atoms with Gasteiger partial charge in [0.2, 0.25) is 5.91 Å². The van der Waals surface area contributed by atoms with Gasteiger partial charge in [0, 0.05) is 17.7 Å². The van der Waals surface area contributed by atoms with Crippen LogP contribution in [0.2, 0.25) is 0 Å². The predicted octanol–water partition coefficient (Wildman–Crippen LogP) is 3.07. The van der Waals surface area contributed by atoms with Gasteiger partial charge in [0.25, 0.3) is 5.69 Å². The molecule has 0 spiro atoms. The first-order chi connectivity index (χ1) is 12.5. The summed E-state index contributed by atoms with van der Waals surface area (Å²) >= 11 is 1.33. The molecule has 7 nitrogen and oxygen atoms in total. The molecule has 0 aliphatic carbocycles. The fourth-order valence-corrected chi connectivity index (χ4v) is 3.47. The lowest BCUT2D eigenvalue weighted by atomic mass is 10.1. The van der Waals surface area contributed by atoms with Crippen LogP contribution in [-0.4, -0.2) is 27.5 Å². The SMILES string of the molecule is Cc1cccc(CC2SC(=N/N=C/c3cccc([N+](=O)[O-])c3)NC2=O)c1. The van der Waals surface area contributed by atoms with E-state index in [2.05, 4.69) is 21.6 Å². The lowest BCUT2D eigenvalue weighted by Crippen LogP contribution is -2.25. The first-order valence-corrected chi connectivity index (χ1v) is 8.78. The number of nitro groups is 1. The predicted molar refractivity (Wildman–Crippen MR) is 103 cm³/mol. The van der Waals surface area contributed by atoms with Crippen molar-refractivity contribution in [2.75, 3.05) is 0 Å². The van der Waals surface area contributed by atoms with Crippen LogP contribution < -0.4 is 5.32 Å². The van der Waals surface area contributed by atoms with Crippen molar-refractivity contribution < 1.29 is 9.72 Å². The van der Waals surface area contributed by atoms with E-state index in [9.17, 15) is 14.9 Å². The molecule has 0 bridgehead atoms. The summed E-state index contributed by atoms with van der Waals surface area (Å²) in [7, 11) is 0. The maximum atomic E-state index is 12.1. The Hall–Kier alpha value is -3.00. The van der Waals surface area contributed by atoms with E-state index < -0.39 is 4.92 Å². The Kier molecular flexibility index (Phi) is 5.43. The third-order valence-corrected chi connectivity index (χ3v) is 4.79. The third kappa shape index (κ3) is 4.54. The van der Waals surface area contributed by atoms with Crippen molar-refractivity contribution in [3.63, 3.8) is 0 Å². The topological polar surface area (TPSA) is 97.0 Å². The molecule has 1 N–H and O–H groups in total. The second-order valence-electron chi connectivity index (χ2n) is 5.79. The van der Waals surface area contributed by atoms with Gasteiger partial charge >= 0.3 is 0 Å². The second-order valence-corrected chi connectivity index (χ2v) is 6.98. The molecule has 132 valence electrons. The summed E-state index contributed by atoms with van der Waals surface area (Å²) in [4.78, 5) is 22.4. The zero-order chi connectivity index (χ0) is 18.5. The summed E-state index contributed by atoms with van der Waals surface area (Å²) in [6.45, 7) is 2.01. The zero-order valence-corrected chi connectivity index (χ0v) is 14.8. The molecule has 3 rings (SSSR count). The number of carbonyl (C=O) groups excluding carboxylic acids is 1. The molecule has 1 aliphatic rings. The Morgan fingerprint density at radius 3 is 2.85 bits per heavy atom. The van der Waals surface area contributed by atoms with Crippen LogP contribution in [0.3, 0.4) is 0 Å². The molecule has 2 aromatic rings. The number of amidine groups is 1. The molecule has 1 saturated heterocycles. The molecule has 8 heteroatoms. The summed E-state index contributed by atoms with van der Waals surface area (Å²) in [5.41, 5.74) is 2.80. The quantitative estimate of drug-likeness (QED) is 0.498. The van der Waals surface area contributed by atoms with Gasteiger partial charge in [-0.2, -0.15) is 5.10 Å². The van der Waals surface area contributed by atoms with E-state index in [1.54, 1.807) is 12.1 Å². The van der Waals surface area contributed by atoms with Gasteiger partial charge in [0.1, 0.15) is 0 Å². The maximum absolute atomic E-state index is 12.1. The van der Waals surface area contributed by atoms with Crippen LogP contribution in [-0.2, 0) is 11.2 Å². The van der Waals surface area contributed by atoms with Crippen molar-refractivity contribution in [1.82, 2.24) is 5.32 Å². The van der Waals surface area contributed by atoms with Gasteiger partial charge in [-0.3, -0.25) is 14.9 Å². The van der Waals surface area contributed by atoms with Gasteiger partial charge in [-0.05, 0) is 18.9 Å². The number of benzene rings is 2. The molecular weight excluding hydrogens is 352 g/mol. The number of rotatable bonds is 5. The highest BCUT2D eigenvalue weighted by atomic mass is 32.2. The molecule has 1 fully saturated rings. The van der Waals surface area contributed by atoms with Gasteiger partial charge in [-0.15, -0.1) is 5.10 Å². The average molecular weight is 368 g/mol. The maximum Gasteiger partial charge on any atom is 0.270 e. The number of non-ortho nitro benzene ring substituents is 1. The van der Waals surface area contributed by atoms with E-state index in [0.29, 0.717) is 17.2 Å². The van der Waals surface area contributed by atoms with Crippen LogP contribution in [0.25, 0.3) is 0 Å². The van der Waals surface area contributed by atoms with Gasteiger partial charge in [0.05, 0.1) is 16.4 Å². The minimum Gasteiger partial charge on any atom is -0.303 e. The van der Waals surface area contributed by atoms with Gasteiger partial charge in [-0.1, -0.05) is 53.7 Å². The Morgan fingerprint density at radius 2 is 2.08 bits per heavy atom. The van der Waals surface area contributed by atoms with Gasteiger partial charge in [-0.25, -0.2) is 0 Å². The molecule has 1 heterocycles. The number of nitrogens with zero attached hydrogens (tertiary/aromatic N) is 3. The second kappa shape index (κ2) is 7.92. The van der Waals surface area contributed by atoms with Crippen LogP contribution >= 0.6 is 11.8 Å². The van der Waals surface area contributed by atoms with E-state index in [-0.39, 0.29) is 16.8 Å². The van der Waals surface area contributed by atoms with Crippen molar-refractivity contribution in [3.05, 3.63) is 75.3 Å². The van der Waals surface area contributed by atoms with Gasteiger partial charge in [0.15, 0.2) is 5.17 Å². The Morgan fingerprint density at radius 1 is 1.27 bits per heavy atom. The molecule has 26 heavy (non-hydrogen) atoms. The average Bonchev–Trinajstić information content (AvgIpc) is 2.95. The lowest BCUT2D eigenvalue weighted by Gasteiger charge is -2.05. The van der Waals surface area contributed by atoms with E-state index in [4.69, 9.17) is 0 Å². The summed E-state index contributed by atoms with van der Waals surface area (Å²) < 4.78 is 0. The van der Waals surface area contributed by atoms with Crippen LogP contribution in [0.5, 0.6) is 0 Å². The number of thioether (sulfide) groups is 1. The van der Waals surface area contributed by atoms with Crippen LogP contribution in [0, 0.1) is 17.0 Å². The largest absolute Gasteiger partial charge is 0.303 e. The van der Waals surface area contributed by atoms with E-state index in [1.807, 2.05) is 25.1 Å². The standard InChI is InChI=1S/C18H16N4O3S/c1-12-4-2-5-13(8-12)10-16-17(23)20-18(26-16)21-19-11-14-6-3-7-15(9-14)22(24)25/h2-9,11,16H,10H2,1H3,(H,20,21,23)/b19-11+. The number of carbonyl (C=O) groups is 1. The zero-order valence-electron chi connectivity index (χ0n) is 14.0. The summed E-state index contributed by atoms with van der Waals surface area (Å²) in [5.74, 6) is -0.0965. The number of hydrogen-bond donors (Lipinski definition) is 1. The van der Waals surface area contributed by atoms with Crippen LogP contribution in [0.1, 0.15) is 16.7 Å². The first-order valence-electron chi connectivity index (χ1n) is 7.90. The minimum atomic E-state index is -0.466. The fraction of sp³-hybridized carbons (Fsp3) is 0.167. The molecule has 1 unspecified atom stereocenters. The third-order valence-electron chi connectivity index (χ3n) is 3.72. The number of aryl methyl sites for hydroxylation is 1. The number of nitrogens with one attached hydrogen (secondary N) is 1. The smallest absolute Gasteiger partial charge is 0.270 e. The number of nitro benzene ring substituents is 1.